The highest BCUT2D eigenvalue weighted by atomic mass is 32.1. The second kappa shape index (κ2) is 4.70. The Morgan fingerprint density at radius 3 is 2.43 bits per heavy atom. The van der Waals surface area contributed by atoms with E-state index in [4.69, 9.17) is 0 Å². The summed E-state index contributed by atoms with van der Waals surface area (Å²) in [5, 5.41) is 19.3. The maximum Gasteiger partial charge on any atom is 0.208 e. The number of hydrogen-bond donors (Lipinski definition) is 1. The van der Waals surface area contributed by atoms with E-state index < -0.39 is 0 Å². The molecule has 1 heterocycles. The first-order valence-electron chi connectivity index (χ1n) is 4.73. The lowest BCUT2D eigenvalue weighted by Gasteiger charge is -2.16. The van der Waals surface area contributed by atoms with Crippen LogP contribution in [0.3, 0.4) is 0 Å². The predicted octanol–water partition coefficient (Wildman–Crippen LogP) is 1.48. The molecule has 1 rings (SSSR count). The van der Waals surface area contributed by atoms with Crippen LogP contribution in [0, 0.1) is 0 Å². The predicted molar refractivity (Wildman–Crippen MR) is 58.9 cm³/mol. The highest BCUT2D eigenvalue weighted by Crippen LogP contribution is 2.24. The average molecular weight is 215 g/mol. The van der Waals surface area contributed by atoms with Crippen LogP contribution in [0.1, 0.15) is 31.7 Å². The molecule has 0 aliphatic rings. The fraction of sp³-hybridized carbons (Fsp3) is 0.778. The molecule has 1 aromatic heterocycles. The third-order valence-corrected chi connectivity index (χ3v) is 3.13. The molecule has 0 fully saturated rings. The largest absolute Gasteiger partial charge is 0.392 e. The van der Waals surface area contributed by atoms with Crippen molar-refractivity contribution < 1.29 is 5.11 Å². The minimum Gasteiger partial charge on any atom is -0.392 e. The Morgan fingerprint density at radius 1 is 1.36 bits per heavy atom. The van der Waals surface area contributed by atoms with Crippen molar-refractivity contribution >= 4 is 16.5 Å². The van der Waals surface area contributed by atoms with Crippen LogP contribution in [0.15, 0.2) is 0 Å². The normalized spacial score (nSPS) is 13.3. The molecule has 80 valence electrons. The highest BCUT2D eigenvalue weighted by Gasteiger charge is 2.12. The fourth-order valence-electron chi connectivity index (χ4n) is 1.09. The van der Waals surface area contributed by atoms with Gasteiger partial charge in [0.05, 0.1) is 6.10 Å². The van der Waals surface area contributed by atoms with Gasteiger partial charge in [0.25, 0.3) is 0 Å². The van der Waals surface area contributed by atoms with Crippen molar-refractivity contribution in [1.29, 1.82) is 0 Å². The Balaban J connectivity index is 2.66. The molecule has 1 aromatic rings. The number of aromatic nitrogens is 2. The monoisotopic (exact) mass is 215 g/mol. The minimum absolute atomic E-state index is 0.341. The van der Waals surface area contributed by atoms with Gasteiger partial charge in [-0.15, -0.1) is 10.2 Å². The van der Waals surface area contributed by atoms with Crippen molar-refractivity contribution in [2.45, 2.75) is 32.8 Å². The van der Waals surface area contributed by atoms with Crippen molar-refractivity contribution in [2.75, 3.05) is 18.5 Å². The lowest BCUT2D eigenvalue weighted by molar-refractivity contribution is 0.201. The number of aliphatic hydroxyl groups excluding tert-OH is 1. The average Bonchev–Trinajstić information content (AvgIpc) is 2.50. The second-order valence-corrected chi connectivity index (χ2v) is 4.79. The van der Waals surface area contributed by atoms with E-state index in [1.165, 1.54) is 0 Å². The lowest BCUT2D eigenvalue weighted by atomic mass is 10.2. The Kier molecular flexibility index (Phi) is 3.83. The van der Waals surface area contributed by atoms with Gasteiger partial charge in [-0.3, -0.25) is 0 Å². The number of nitrogens with zero attached hydrogens (tertiary/aromatic N) is 3. The minimum atomic E-state index is -0.341. The summed E-state index contributed by atoms with van der Waals surface area (Å²) in [5.74, 6) is 0.418. The first-order valence-corrected chi connectivity index (χ1v) is 5.55. The van der Waals surface area contributed by atoms with Crippen LogP contribution in [0.5, 0.6) is 0 Å². The maximum atomic E-state index is 9.21. The van der Waals surface area contributed by atoms with E-state index in [0.29, 0.717) is 12.5 Å². The molecule has 5 heteroatoms. The molecule has 1 atom stereocenters. The van der Waals surface area contributed by atoms with Gasteiger partial charge in [0.1, 0.15) is 5.01 Å². The molecule has 0 amide bonds. The molecule has 0 saturated heterocycles. The van der Waals surface area contributed by atoms with Crippen LogP contribution in [0.4, 0.5) is 5.13 Å². The zero-order chi connectivity index (χ0) is 10.7. The molecule has 0 saturated carbocycles. The molecule has 14 heavy (non-hydrogen) atoms. The second-order valence-electron chi connectivity index (χ2n) is 3.81. The van der Waals surface area contributed by atoms with Crippen LogP contribution < -0.4 is 4.90 Å². The van der Waals surface area contributed by atoms with E-state index in [1.54, 1.807) is 18.3 Å². The molecule has 0 aliphatic carbocycles. The summed E-state index contributed by atoms with van der Waals surface area (Å²) >= 11 is 1.58. The maximum absolute atomic E-state index is 9.21. The fourth-order valence-corrected chi connectivity index (χ4v) is 1.90. The van der Waals surface area contributed by atoms with E-state index in [-0.39, 0.29) is 6.10 Å². The van der Waals surface area contributed by atoms with Gasteiger partial charge in [0.15, 0.2) is 0 Å². The standard InChI is InChI=1S/C9H17N3OS/c1-6(2)8-10-11-9(14-8)12(4)5-7(3)13/h6-7,13H,5H2,1-4H3/t7-/m1/s1. The molecule has 0 bridgehead atoms. The van der Waals surface area contributed by atoms with Gasteiger partial charge in [-0.1, -0.05) is 25.2 Å². The van der Waals surface area contributed by atoms with Gasteiger partial charge in [0, 0.05) is 19.5 Å². The number of aliphatic hydroxyl groups is 1. The Morgan fingerprint density at radius 2 is 2.00 bits per heavy atom. The Bertz CT molecular complexity index is 285. The van der Waals surface area contributed by atoms with E-state index in [0.717, 1.165) is 10.1 Å². The molecular weight excluding hydrogens is 198 g/mol. The lowest BCUT2D eigenvalue weighted by Crippen LogP contribution is -2.26. The van der Waals surface area contributed by atoms with E-state index >= 15 is 0 Å². The highest BCUT2D eigenvalue weighted by molar-refractivity contribution is 7.15. The number of anilines is 1. The van der Waals surface area contributed by atoms with Crippen molar-refractivity contribution in [3.8, 4) is 0 Å². The summed E-state index contributed by atoms with van der Waals surface area (Å²) in [5.41, 5.74) is 0. The van der Waals surface area contributed by atoms with Crippen molar-refractivity contribution in [2.24, 2.45) is 0 Å². The summed E-state index contributed by atoms with van der Waals surface area (Å²) in [6.45, 7) is 6.55. The summed E-state index contributed by atoms with van der Waals surface area (Å²) in [6.07, 6.45) is -0.341. The molecule has 0 aromatic carbocycles. The third kappa shape index (κ3) is 2.92. The topological polar surface area (TPSA) is 49.2 Å². The van der Waals surface area contributed by atoms with Gasteiger partial charge in [-0.2, -0.15) is 0 Å². The van der Waals surface area contributed by atoms with Crippen LogP contribution in [-0.4, -0.2) is 35.0 Å². The van der Waals surface area contributed by atoms with Gasteiger partial charge in [-0.25, -0.2) is 0 Å². The smallest absolute Gasteiger partial charge is 0.208 e. The van der Waals surface area contributed by atoms with Gasteiger partial charge >= 0.3 is 0 Å². The van der Waals surface area contributed by atoms with Crippen LogP contribution in [0.25, 0.3) is 0 Å². The SMILES string of the molecule is CC(C)c1nnc(N(C)C[C@@H](C)O)s1. The number of hydrogen-bond acceptors (Lipinski definition) is 5. The van der Waals surface area contributed by atoms with Crippen LogP contribution >= 0.6 is 11.3 Å². The van der Waals surface area contributed by atoms with Crippen LogP contribution in [0.2, 0.25) is 0 Å². The quantitative estimate of drug-likeness (QED) is 0.826. The first-order chi connectivity index (χ1) is 6.50. The molecule has 0 spiro atoms. The molecule has 1 N–H and O–H groups in total. The number of rotatable bonds is 4. The summed E-state index contributed by atoms with van der Waals surface area (Å²) in [4.78, 5) is 1.92. The molecule has 0 unspecified atom stereocenters. The zero-order valence-electron chi connectivity index (χ0n) is 9.06. The number of likely N-dealkylation sites (N-methyl/N-ethyl adjacent to an activating group) is 1. The Hall–Kier alpha value is -0.680. The first kappa shape index (κ1) is 11.4. The van der Waals surface area contributed by atoms with Gasteiger partial charge in [-0.05, 0) is 6.92 Å². The molecule has 0 radical (unpaired) electrons. The van der Waals surface area contributed by atoms with Crippen LogP contribution in [-0.2, 0) is 0 Å². The van der Waals surface area contributed by atoms with Crippen molar-refractivity contribution in [1.82, 2.24) is 10.2 Å². The summed E-state index contributed by atoms with van der Waals surface area (Å²) in [7, 11) is 1.91. The van der Waals surface area contributed by atoms with E-state index in [1.807, 2.05) is 11.9 Å². The van der Waals surface area contributed by atoms with Gasteiger partial charge < -0.3 is 10.0 Å². The molecule has 4 nitrogen and oxygen atoms in total. The van der Waals surface area contributed by atoms with Crippen molar-refractivity contribution in [3.63, 3.8) is 0 Å². The van der Waals surface area contributed by atoms with Gasteiger partial charge in [0.2, 0.25) is 5.13 Å². The molecular formula is C9H17N3OS. The van der Waals surface area contributed by atoms with E-state index in [9.17, 15) is 5.11 Å². The Labute approximate surface area is 88.6 Å². The zero-order valence-corrected chi connectivity index (χ0v) is 9.88. The van der Waals surface area contributed by atoms with E-state index in [2.05, 4.69) is 24.0 Å². The van der Waals surface area contributed by atoms with Crippen molar-refractivity contribution in [3.05, 3.63) is 5.01 Å². The summed E-state index contributed by atoms with van der Waals surface area (Å²) in [6, 6.07) is 0. The summed E-state index contributed by atoms with van der Waals surface area (Å²) < 4.78 is 0. The third-order valence-electron chi connectivity index (χ3n) is 1.79. The molecule has 0 aliphatic heterocycles.